The summed E-state index contributed by atoms with van der Waals surface area (Å²) in [6, 6.07) is -1.15. The van der Waals surface area contributed by atoms with E-state index in [0.717, 1.165) is 0 Å². The smallest absolute Gasteiger partial charge is 0.408 e. The topological polar surface area (TPSA) is 114 Å². The number of carbonyl (C=O) groups excluding carboxylic acids is 2. The number of carboxylic acids is 1. The molecule has 0 fully saturated rings. The Morgan fingerprint density at radius 3 is 2.21 bits per heavy atom. The van der Waals surface area contributed by atoms with Gasteiger partial charge in [0.05, 0.1) is 7.11 Å². The van der Waals surface area contributed by atoms with E-state index >= 15 is 0 Å². The van der Waals surface area contributed by atoms with Crippen LogP contribution in [0.25, 0.3) is 0 Å². The summed E-state index contributed by atoms with van der Waals surface area (Å²) in [5.74, 6) is -1.21. The molecular weight excluding hydrogens is 256 g/mol. The van der Waals surface area contributed by atoms with Crippen LogP contribution >= 0.6 is 0 Å². The van der Waals surface area contributed by atoms with Gasteiger partial charge in [-0.25, -0.2) is 14.4 Å². The number of methoxy groups -OCH3 is 1. The number of rotatable bonds is 5. The fourth-order valence-electron chi connectivity index (χ4n) is 1.10. The number of ether oxygens (including phenoxy) is 2. The molecule has 0 aromatic carbocycles. The Hall–Kier alpha value is -1.99. The highest BCUT2D eigenvalue weighted by Gasteiger charge is 2.23. The lowest BCUT2D eigenvalue weighted by molar-refractivity contribution is -0.139. The van der Waals surface area contributed by atoms with Crippen LogP contribution in [-0.2, 0) is 14.3 Å². The summed E-state index contributed by atoms with van der Waals surface area (Å²) in [7, 11) is 1.20. The van der Waals surface area contributed by atoms with Crippen molar-refractivity contribution in [3.05, 3.63) is 0 Å². The maximum atomic E-state index is 11.4. The van der Waals surface area contributed by atoms with Crippen LogP contribution in [0.5, 0.6) is 0 Å². The molecule has 0 spiro atoms. The third-order valence-corrected chi connectivity index (χ3v) is 1.88. The standard InChI is InChI=1S/C11H20N2O6/c1-11(2,3)19-10(17)13-7(8(14)15)5-6-12-9(16)18-4/h7H,5-6H2,1-4H3,(H,12,16)(H,13,17)(H,14,15). The molecule has 0 aliphatic rings. The normalized spacial score (nSPS) is 12.2. The van der Waals surface area contributed by atoms with Gasteiger partial charge >= 0.3 is 18.2 Å². The van der Waals surface area contributed by atoms with E-state index in [1.165, 1.54) is 7.11 Å². The van der Waals surface area contributed by atoms with Crippen molar-refractivity contribution in [3.63, 3.8) is 0 Å². The summed E-state index contributed by atoms with van der Waals surface area (Å²) in [6.45, 7) is 5.06. The number of amides is 2. The van der Waals surface area contributed by atoms with Crippen LogP contribution in [0, 0.1) is 0 Å². The fraction of sp³-hybridized carbons (Fsp3) is 0.727. The van der Waals surface area contributed by atoms with Gasteiger partial charge in [0.2, 0.25) is 0 Å². The van der Waals surface area contributed by atoms with Gasteiger partial charge in [-0.05, 0) is 27.2 Å². The van der Waals surface area contributed by atoms with Crippen LogP contribution in [0.3, 0.4) is 0 Å². The van der Waals surface area contributed by atoms with Gasteiger partial charge in [0.1, 0.15) is 11.6 Å². The molecule has 0 heterocycles. The summed E-state index contributed by atoms with van der Waals surface area (Å²) in [5, 5.41) is 13.5. The van der Waals surface area contributed by atoms with E-state index in [0.29, 0.717) is 0 Å². The molecule has 0 aromatic heterocycles. The molecule has 1 unspecified atom stereocenters. The van der Waals surface area contributed by atoms with Gasteiger partial charge in [-0.3, -0.25) is 0 Å². The second-order valence-corrected chi connectivity index (χ2v) is 4.74. The van der Waals surface area contributed by atoms with Crippen molar-refractivity contribution < 1.29 is 29.0 Å². The minimum absolute atomic E-state index is 0.0175. The number of alkyl carbamates (subject to hydrolysis) is 2. The summed E-state index contributed by atoms with van der Waals surface area (Å²) in [5.41, 5.74) is -0.711. The predicted molar refractivity (Wildman–Crippen MR) is 65.8 cm³/mol. The minimum atomic E-state index is -1.21. The Bertz CT molecular complexity index is 337. The molecule has 0 radical (unpaired) electrons. The van der Waals surface area contributed by atoms with Crippen LogP contribution in [0.2, 0.25) is 0 Å². The molecule has 0 bridgehead atoms. The van der Waals surface area contributed by atoms with E-state index in [4.69, 9.17) is 9.84 Å². The highest BCUT2D eigenvalue weighted by atomic mass is 16.6. The highest BCUT2D eigenvalue weighted by Crippen LogP contribution is 2.07. The number of hydrogen-bond acceptors (Lipinski definition) is 5. The first-order valence-electron chi connectivity index (χ1n) is 5.70. The van der Waals surface area contributed by atoms with E-state index in [2.05, 4.69) is 15.4 Å². The Balaban J connectivity index is 4.23. The Morgan fingerprint density at radius 1 is 1.21 bits per heavy atom. The van der Waals surface area contributed by atoms with Crippen LogP contribution in [0.4, 0.5) is 9.59 Å². The molecule has 0 aromatic rings. The van der Waals surface area contributed by atoms with Gasteiger partial charge < -0.3 is 25.2 Å². The Labute approximate surface area is 111 Å². The van der Waals surface area contributed by atoms with E-state index in [9.17, 15) is 14.4 Å². The average molecular weight is 276 g/mol. The monoisotopic (exact) mass is 276 g/mol. The van der Waals surface area contributed by atoms with Gasteiger partial charge in [0.15, 0.2) is 0 Å². The van der Waals surface area contributed by atoms with E-state index < -0.39 is 29.8 Å². The number of carboxylic acid groups (broad SMARTS) is 1. The van der Waals surface area contributed by atoms with Gasteiger partial charge in [-0.1, -0.05) is 0 Å². The van der Waals surface area contributed by atoms with Gasteiger partial charge in [0.25, 0.3) is 0 Å². The van der Waals surface area contributed by atoms with Crippen molar-refractivity contribution in [2.24, 2.45) is 0 Å². The van der Waals surface area contributed by atoms with Crippen molar-refractivity contribution in [2.45, 2.75) is 38.8 Å². The number of aliphatic carboxylic acids is 1. The molecule has 0 rings (SSSR count). The van der Waals surface area contributed by atoms with Gasteiger partial charge in [-0.15, -0.1) is 0 Å². The lowest BCUT2D eigenvalue weighted by Gasteiger charge is -2.22. The quantitative estimate of drug-likeness (QED) is 0.681. The zero-order valence-corrected chi connectivity index (χ0v) is 11.5. The number of hydrogen-bond donors (Lipinski definition) is 3. The second kappa shape index (κ2) is 7.45. The van der Waals surface area contributed by atoms with Crippen LogP contribution in [0.15, 0.2) is 0 Å². The molecule has 2 amide bonds. The average Bonchev–Trinajstić information content (AvgIpc) is 2.24. The highest BCUT2D eigenvalue weighted by molar-refractivity contribution is 5.80. The van der Waals surface area contributed by atoms with Crippen LogP contribution in [0.1, 0.15) is 27.2 Å². The first-order chi connectivity index (χ1) is 8.65. The van der Waals surface area contributed by atoms with Gasteiger partial charge in [-0.2, -0.15) is 0 Å². The molecule has 8 nitrogen and oxygen atoms in total. The van der Waals surface area contributed by atoms with Crippen molar-refractivity contribution in [1.82, 2.24) is 10.6 Å². The largest absolute Gasteiger partial charge is 0.480 e. The first-order valence-corrected chi connectivity index (χ1v) is 5.70. The fourth-order valence-corrected chi connectivity index (χ4v) is 1.10. The molecular formula is C11H20N2O6. The SMILES string of the molecule is COC(=O)NCCC(NC(=O)OC(C)(C)C)C(=O)O. The first kappa shape index (κ1) is 17.0. The molecule has 1 atom stereocenters. The maximum Gasteiger partial charge on any atom is 0.408 e. The molecule has 0 saturated heterocycles. The van der Waals surface area contributed by atoms with Crippen LogP contribution < -0.4 is 10.6 Å². The molecule has 3 N–H and O–H groups in total. The number of carbonyl (C=O) groups is 3. The summed E-state index contributed by atoms with van der Waals surface area (Å²) in [6.07, 6.45) is -1.47. The molecule has 19 heavy (non-hydrogen) atoms. The lowest BCUT2D eigenvalue weighted by atomic mass is 10.2. The molecule has 110 valence electrons. The maximum absolute atomic E-state index is 11.4. The summed E-state index contributed by atoms with van der Waals surface area (Å²) < 4.78 is 9.27. The van der Waals surface area contributed by atoms with E-state index in [1.54, 1.807) is 20.8 Å². The van der Waals surface area contributed by atoms with Crippen molar-refractivity contribution >= 4 is 18.2 Å². The lowest BCUT2D eigenvalue weighted by Crippen LogP contribution is -2.45. The van der Waals surface area contributed by atoms with Gasteiger partial charge in [0, 0.05) is 6.54 Å². The Kier molecular flexibility index (Phi) is 6.67. The molecule has 0 aliphatic carbocycles. The second-order valence-electron chi connectivity index (χ2n) is 4.74. The minimum Gasteiger partial charge on any atom is -0.480 e. The molecule has 8 heteroatoms. The zero-order valence-electron chi connectivity index (χ0n) is 11.5. The van der Waals surface area contributed by atoms with E-state index in [1.807, 2.05) is 0 Å². The Morgan fingerprint density at radius 2 is 1.79 bits per heavy atom. The third kappa shape index (κ3) is 8.70. The van der Waals surface area contributed by atoms with Crippen molar-refractivity contribution in [1.29, 1.82) is 0 Å². The van der Waals surface area contributed by atoms with Crippen molar-refractivity contribution in [3.8, 4) is 0 Å². The summed E-state index contributed by atoms with van der Waals surface area (Å²) >= 11 is 0. The molecule has 0 aliphatic heterocycles. The van der Waals surface area contributed by atoms with E-state index in [-0.39, 0.29) is 13.0 Å². The van der Waals surface area contributed by atoms with Crippen LogP contribution in [-0.4, -0.2) is 48.6 Å². The zero-order chi connectivity index (χ0) is 15.1. The summed E-state index contributed by atoms with van der Waals surface area (Å²) in [4.78, 5) is 33.1. The number of nitrogens with one attached hydrogen (secondary N) is 2. The third-order valence-electron chi connectivity index (χ3n) is 1.88. The molecule has 0 saturated carbocycles. The predicted octanol–water partition coefficient (Wildman–Crippen LogP) is 0.710. The van der Waals surface area contributed by atoms with Crippen molar-refractivity contribution in [2.75, 3.05) is 13.7 Å².